The van der Waals surface area contributed by atoms with Crippen molar-refractivity contribution in [2.24, 2.45) is 0 Å². The van der Waals surface area contributed by atoms with Gasteiger partial charge in [-0.25, -0.2) is 0 Å². The van der Waals surface area contributed by atoms with E-state index >= 15 is 0 Å². The number of nitrogens with zero attached hydrogens (tertiary/aromatic N) is 3. The molecule has 0 aliphatic carbocycles. The molecule has 2 rings (SSSR count). The van der Waals surface area contributed by atoms with Crippen molar-refractivity contribution in [3.05, 3.63) is 35.9 Å². The summed E-state index contributed by atoms with van der Waals surface area (Å²) in [7, 11) is 0. The van der Waals surface area contributed by atoms with Crippen LogP contribution < -0.4 is 5.32 Å². The first-order valence-electron chi connectivity index (χ1n) is 5.53. The molecule has 0 aliphatic heterocycles. The second-order valence-electron chi connectivity index (χ2n) is 3.79. The van der Waals surface area contributed by atoms with Crippen LogP contribution >= 0.6 is 0 Å². The number of aryl methyl sites for hydroxylation is 2. The molecule has 0 saturated heterocycles. The predicted octanol–water partition coefficient (Wildman–Crippen LogP) is 0.735. The van der Waals surface area contributed by atoms with Gasteiger partial charge in [-0.15, -0.1) is 0 Å². The number of hydrogen-bond acceptors (Lipinski definition) is 3. The molecule has 2 N–H and O–H groups in total. The Balaban J connectivity index is 1.72. The van der Waals surface area contributed by atoms with Gasteiger partial charge in [-0.3, -0.25) is 14.6 Å². The van der Waals surface area contributed by atoms with E-state index in [-0.39, 0.29) is 5.91 Å². The number of carbonyl (C=O) groups is 1. The lowest BCUT2D eigenvalue weighted by molar-refractivity contribution is 0.0952. The van der Waals surface area contributed by atoms with E-state index in [1.54, 1.807) is 6.20 Å². The van der Waals surface area contributed by atoms with Crippen LogP contribution in [0.25, 0.3) is 0 Å². The smallest absolute Gasteiger partial charge is 0.254 e. The Bertz CT molecular complexity index is 474. The van der Waals surface area contributed by atoms with Gasteiger partial charge in [0.05, 0.1) is 11.8 Å². The lowest BCUT2D eigenvalue weighted by Gasteiger charge is -2.04. The van der Waals surface area contributed by atoms with Crippen molar-refractivity contribution in [2.45, 2.75) is 19.9 Å². The third-order valence-corrected chi connectivity index (χ3v) is 2.48. The van der Waals surface area contributed by atoms with Crippen LogP contribution in [0.5, 0.6) is 0 Å². The molecule has 6 heteroatoms. The summed E-state index contributed by atoms with van der Waals surface area (Å²) in [6, 6.07) is 1.88. The molecule has 0 bridgehead atoms. The normalized spacial score (nSPS) is 10.4. The maximum atomic E-state index is 11.7. The van der Waals surface area contributed by atoms with Crippen LogP contribution in [0.15, 0.2) is 24.7 Å². The number of nitrogens with one attached hydrogen (secondary N) is 2. The highest BCUT2D eigenvalue weighted by Crippen LogP contribution is 2.01. The first-order chi connectivity index (χ1) is 8.27. The van der Waals surface area contributed by atoms with Gasteiger partial charge >= 0.3 is 0 Å². The minimum Gasteiger partial charge on any atom is -0.352 e. The van der Waals surface area contributed by atoms with Crippen molar-refractivity contribution in [1.29, 1.82) is 0 Å². The summed E-state index contributed by atoms with van der Waals surface area (Å²) in [6.07, 6.45) is 6.04. The summed E-state index contributed by atoms with van der Waals surface area (Å²) in [4.78, 5) is 11.7. The summed E-state index contributed by atoms with van der Waals surface area (Å²) in [5, 5.41) is 13.5. The molecule has 0 atom stereocenters. The van der Waals surface area contributed by atoms with E-state index in [0.29, 0.717) is 12.1 Å². The number of hydrogen-bond donors (Lipinski definition) is 2. The molecule has 0 aliphatic rings. The molecule has 0 unspecified atom stereocenters. The molecule has 6 nitrogen and oxygen atoms in total. The van der Waals surface area contributed by atoms with Crippen molar-refractivity contribution >= 4 is 5.91 Å². The molecule has 2 aromatic heterocycles. The molecular weight excluding hydrogens is 218 g/mol. The van der Waals surface area contributed by atoms with E-state index in [1.807, 2.05) is 23.9 Å². The Morgan fingerprint density at radius 3 is 3.12 bits per heavy atom. The quantitative estimate of drug-likeness (QED) is 0.748. The zero-order chi connectivity index (χ0) is 12.1. The molecule has 0 aromatic carbocycles. The Labute approximate surface area is 99.0 Å². The van der Waals surface area contributed by atoms with E-state index in [1.165, 1.54) is 6.20 Å². The maximum Gasteiger partial charge on any atom is 0.254 e. The Morgan fingerprint density at radius 1 is 1.59 bits per heavy atom. The third kappa shape index (κ3) is 2.93. The van der Waals surface area contributed by atoms with E-state index in [4.69, 9.17) is 0 Å². The van der Waals surface area contributed by atoms with Gasteiger partial charge in [0.15, 0.2) is 0 Å². The fraction of sp³-hybridized carbons (Fsp3) is 0.364. The average Bonchev–Trinajstić information content (AvgIpc) is 2.95. The summed E-state index contributed by atoms with van der Waals surface area (Å²) in [5.74, 6) is -0.0864. The fourth-order valence-electron chi connectivity index (χ4n) is 1.55. The number of carbonyl (C=O) groups excluding carboxylic acids is 1. The van der Waals surface area contributed by atoms with Crippen LogP contribution in [-0.4, -0.2) is 32.4 Å². The average molecular weight is 233 g/mol. The molecule has 0 radical (unpaired) electrons. The van der Waals surface area contributed by atoms with Gasteiger partial charge in [0, 0.05) is 31.2 Å². The van der Waals surface area contributed by atoms with Crippen LogP contribution in [-0.2, 0) is 6.54 Å². The highest BCUT2D eigenvalue weighted by molar-refractivity contribution is 5.94. The predicted molar refractivity (Wildman–Crippen MR) is 62.5 cm³/mol. The zero-order valence-electron chi connectivity index (χ0n) is 9.68. The number of aromatic amines is 1. The van der Waals surface area contributed by atoms with Crippen LogP contribution in [0, 0.1) is 6.92 Å². The molecule has 17 heavy (non-hydrogen) atoms. The SMILES string of the molecule is Cc1[nH]ncc1C(=O)NCCCn1cccn1. The molecule has 2 aromatic rings. The Hall–Kier alpha value is -2.11. The van der Waals surface area contributed by atoms with Crippen LogP contribution in [0.2, 0.25) is 0 Å². The summed E-state index contributed by atoms with van der Waals surface area (Å²) < 4.78 is 1.84. The van der Waals surface area contributed by atoms with E-state index in [0.717, 1.165) is 18.7 Å². The highest BCUT2D eigenvalue weighted by Gasteiger charge is 2.09. The fourth-order valence-corrected chi connectivity index (χ4v) is 1.55. The molecule has 1 amide bonds. The summed E-state index contributed by atoms with van der Waals surface area (Å²) in [5.41, 5.74) is 1.39. The monoisotopic (exact) mass is 233 g/mol. The molecule has 0 fully saturated rings. The lowest BCUT2D eigenvalue weighted by Crippen LogP contribution is -2.25. The molecule has 0 saturated carbocycles. The lowest BCUT2D eigenvalue weighted by atomic mass is 10.2. The van der Waals surface area contributed by atoms with Gasteiger partial charge in [0.1, 0.15) is 0 Å². The largest absolute Gasteiger partial charge is 0.352 e. The van der Waals surface area contributed by atoms with Gasteiger partial charge in [0.25, 0.3) is 5.91 Å². The minimum atomic E-state index is -0.0864. The van der Waals surface area contributed by atoms with Crippen molar-refractivity contribution in [3.8, 4) is 0 Å². The zero-order valence-corrected chi connectivity index (χ0v) is 9.68. The van der Waals surface area contributed by atoms with Gasteiger partial charge in [0.2, 0.25) is 0 Å². The van der Waals surface area contributed by atoms with Gasteiger partial charge in [-0.1, -0.05) is 0 Å². The highest BCUT2D eigenvalue weighted by atomic mass is 16.1. The van der Waals surface area contributed by atoms with Crippen molar-refractivity contribution in [2.75, 3.05) is 6.54 Å². The van der Waals surface area contributed by atoms with Gasteiger partial charge < -0.3 is 5.32 Å². The minimum absolute atomic E-state index is 0.0864. The first-order valence-corrected chi connectivity index (χ1v) is 5.53. The third-order valence-electron chi connectivity index (χ3n) is 2.48. The van der Waals surface area contributed by atoms with E-state index < -0.39 is 0 Å². The van der Waals surface area contributed by atoms with Crippen LogP contribution in [0.1, 0.15) is 22.5 Å². The van der Waals surface area contributed by atoms with Crippen LogP contribution in [0.3, 0.4) is 0 Å². The Kier molecular flexibility index (Phi) is 3.54. The van der Waals surface area contributed by atoms with E-state index in [2.05, 4.69) is 20.6 Å². The molecular formula is C11H15N5O. The topological polar surface area (TPSA) is 75.6 Å². The number of rotatable bonds is 5. The number of aromatic nitrogens is 4. The second-order valence-corrected chi connectivity index (χ2v) is 3.79. The standard InChI is InChI=1S/C11H15N5O/c1-9-10(8-13-15-9)11(17)12-4-2-6-16-7-3-5-14-16/h3,5,7-8H,2,4,6H2,1H3,(H,12,17)(H,13,15). The Morgan fingerprint density at radius 2 is 2.47 bits per heavy atom. The molecule has 2 heterocycles. The van der Waals surface area contributed by atoms with Crippen molar-refractivity contribution in [1.82, 2.24) is 25.3 Å². The second kappa shape index (κ2) is 5.29. The van der Waals surface area contributed by atoms with Crippen LogP contribution in [0.4, 0.5) is 0 Å². The van der Waals surface area contributed by atoms with Crippen molar-refractivity contribution < 1.29 is 4.79 Å². The number of H-pyrrole nitrogens is 1. The first kappa shape index (κ1) is 11.4. The van der Waals surface area contributed by atoms with Gasteiger partial charge in [-0.05, 0) is 19.4 Å². The molecule has 0 spiro atoms. The van der Waals surface area contributed by atoms with Crippen molar-refractivity contribution in [3.63, 3.8) is 0 Å². The number of amides is 1. The van der Waals surface area contributed by atoms with Gasteiger partial charge in [-0.2, -0.15) is 10.2 Å². The summed E-state index contributed by atoms with van der Waals surface area (Å²) >= 11 is 0. The van der Waals surface area contributed by atoms with E-state index in [9.17, 15) is 4.79 Å². The molecule has 90 valence electrons. The summed E-state index contributed by atoms with van der Waals surface area (Å²) in [6.45, 7) is 3.26. The maximum absolute atomic E-state index is 11.7.